The van der Waals surface area contributed by atoms with Crippen molar-refractivity contribution < 1.29 is 9.90 Å². The van der Waals surface area contributed by atoms with Crippen molar-refractivity contribution in [3.63, 3.8) is 0 Å². The summed E-state index contributed by atoms with van der Waals surface area (Å²) in [5.74, 6) is -0.325. The molecule has 1 amide bonds. The Morgan fingerprint density at radius 1 is 1.25 bits per heavy atom. The van der Waals surface area contributed by atoms with Crippen LogP contribution in [0, 0.1) is 0 Å². The maximum Gasteiger partial charge on any atom is 0.248 e. The second kappa shape index (κ2) is 6.12. The third-order valence-corrected chi connectivity index (χ3v) is 2.86. The molecule has 20 heavy (non-hydrogen) atoms. The molecule has 4 nitrogen and oxygen atoms in total. The zero-order chi connectivity index (χ0) is 14.5. The molecule has 0 aromatic heterocycles. The number of anilines is 2. The minimum absolute atomic E-state index is 0.0278. The Morgan fingerprint density at radius 2 is 2.05 bits per heavy atom. The molecule has 0 fully saturated rings. The van der Waals surface area contributed by atoms with Crippen LogP contribution in [-0.4, -0.2) is 11.0 Å². The van der Waals surface area contributed by atoms with E-state index in [1.807, 2.05) is 12.1 Å². The molecule has 0 radical (unpaired) electrons. The fraction of sp³-hybridized carbons (Fsp3) is 0. The molecule has 102 valence electrons. The van der Waals surface area contributed by atoms with Crippen molar-refractivity contribution in [3.8, 4) is 5.75 Å². The number of carbonyl (C=O) groups excluding carboxylic acids is 1. The zero-order valence-electron chi connectivity index (χ0n) is 10.5. The normalized spacial score (nSPS) is 10.7. The van der Waals surface area contributed by atoms with Gasteiger partial charge in [-0.2, -0.15) is 0 Å². The first-order valence-corrected chi connectivity index (χ1v) is 6.25. The highest BCUT2D eigenvalue weighted by Crippen LogP contribution is 2.26. The highest BCUT2D eigenvalue weighted by atomic mass is 35.5. The van der Waals surface area contributed by atoms with Crippen LogP contribution in [0.3, 0.4) is 0 Å². The van der Waals surface area contributed by atoms with Crippen LogP contribution in [0.5, 0.6) is 5.75 Å². The number of hydrogen-bond donors (Lipinski definition) is 3. The average Bonchev–Trinajstić information content (AvgIpc) is 2.41. The van der Waals surface area contributed by atoms with Gasteiger partial charge in [-0.25, -0.2) is 0 Å². The van der Waals surface area contributed by atoms with Crippen LogP contribution >= 0.6 is 11.6 Å². The van der Waals surface area contributed by atoms with E-state index in [4.69, 9.17) is 17.3 Å². The Bertz CT molecular complexity index is 669. The van der Waals surface area contributed by atoms with Gasteiger partial charge >= 0.3 is 0 Å². The molecule has 2 aromatic carbocycles. The Balaban J connectivity index is 2.03. The number of nitrogens with two attached hydrogens (primary N) is 1. The first-order valence-electron chi connectivity index (χ1n) is 5.88. The van der Waals surface area contributed by atoms with E-state index in [-0.39, 0.29) is 16.7 Å². The number of nitrogens with one attached hydrogen (secondary N) is 1. The molecule has 0 heterocycles. The summed E-state index contributed by atoms with van der Waals surface area (Å²) >= 11 is 5.75. The van der Waals surface area contributed by atoms with Gasteiger partial charge in [-0.3, -0.25) is 4.79 Å². The monoisotopic (exact) mass is 288 g/mol. The van der Waals surface area contributed by atoms with Crippen LogP contribution in [-0.2, 0) is 4.79 Å². The van der Waals surface area contributed by atoms with Crippen molar-refractivity contribution >= 4 is 35.0 Å². The van der Waals surface area contributed by atoms with Gasteiger partial charge in [0, 0.05) is 17.5 Å². The van der Waals surface area contributed by atoms with E-state index >= 15 is 0 Å². The lowest BCUT2D eigenvalue weighted by atomic mass is 10.2. The molecule has 2 rings (SSSR count). The lowest BCUT2D eigenvalue weighted by Gasteiger charge is -2.03. The van der Waals surface area contributed by atoms with Crippen molar-refractivity contribution in [3.05, 3.63) is 59.1 Å². The van der Waals surface area contributed by atoms with Gasteiger partial charge in [0.15, 0.2) is 0 Å². The summed E-state index contributed by atoms with van der Waals surface area (Å²) < 4.78 is 0. The lowest BCUT2D eigenvalue weighted by Crippen LogP contribution is -2.07. The summed E-state index contributed by atoms with van der Waals surface area (Å²) in [7, 11) is 0. The van der Waals surface area contributed by atoms with E-state index < -0.39 is 0 Å². The number of halogens is 1. The SMILES string of the molecule is Nc1cccc(/C=C/C(=O)Nc2ccc(O)c(Cl)c2)c1. The predicted octanol–water partition coefficient (Wildman–Crippen LogP) is 3.28. The molecular formula is C15H13ClN2O2. The average molecular weight is 289 g/mol. The fourth-order valence-electron chi connectivity index (χ4n) is 1.60. The van der Waals surface area contributed by atoms with Gasteiger partial charge in [-0.15, -0.1) is 0 Å². The summed E-state index contributed by atoms with van der Waals surface area (Å²) in [6.07, 6.45) is 3.06. The number of phenolic OH excluding ortho intramolecular Hbond substituents is 1. The fourth-order valence-corrected chi connectivity index (χ4v) is 1.78. The van der Waals surface area contributed by atoms with Crippen molar-refractivity contribution in [2.75, 3.05) is 11.1 Å². The number of hydrogen-bond acceptors (Lipinski definition) is 3. The summed E-state index contributed by atoms with van der Waals surface area (Å²) in [5, 5.41) is 12.1. The summed E-state index contributed by atoms with van der Waals surface area (Å²) in [6.45, 7) is 0. The number of nitrogen functional groups attached to an aromatic ring is 1. The van der Waals surface area contributed by atoms with Crippen molar-refractivity contribution in [1.29, 1.82) is 0 Å². The molecule has 0 aliphatic carbocycles. The molecule has 0 bridgehead atoms. The molecule has 0 spiro atoms. The lowest BCUT2D eigenvalue weighted by molar-refractivity contribution is -0.111. The van der Waals surface area contributed by atoms with Crippen LogP contribution in [0.15, 0.2) is 48.5 Å². The first kappa shape index (κ1) is 14.0. The summed E-state index contributed by atoms with van der Waals surface area (Å²) in [5.41, 5.74) is 7.63. The van der Waals surface area contributed by atoms with Gasteiger partial charge in [0.25, 0.3) is 0 Å². The van der Waals surface area contributed by atoms with Gasteiger partial charge in [0.05, 0.1) is 5.02 Å². The van der Waals surface area contributed by atoms with E-state index in [0.29, 0.717) is 11.4 Å². The molecule has 0 aliphatic rings. The van der Waals surface area contributed by atoms with Crippen LogP contribution < -0.4 is 11.1 Å². The maximum atomic E-state index is 11.7. The van der Waals surface area contributed by atoms with Gasteiger partial charge in [0.1, 0.15) is 5.75 Å². The zero-order valence-corrected chi connectivity index (χ0v) is 11.3. The number of aromatic hydroxyl groups is 1. The Hall–Kier alpha value is -2.46. The smallest absolute Gasteiger partial charge is 0.248 e. The van der Waals surface area contributed by atoms with Crippen LogP contribution in [0.25, 0.3) is 6.08 Å². The van der Waals surface area contributed by atoms with Gasteiger partial charge in [0.2, 0.25) is 5.91 Å². The second-order valence-corrected chi connectivity index (χ2v) is 4.57. The Labute approximate surface area is 121 Å². The number of phenols is 1. The standard InChI is InChI=1S/C15H13ClN2O2/c16-13-9-12(5-6-14(13)19)18-15(20)7-4-10-2-1-3-11(17)8-10/h1-9,19H,17H2,(H,18,20)/b7-4+. The third-order valence-electron chi connectivity index (χ3n) is 2.55. The number of benzene rings is 2. The van der Waals surface area contributed by atoms with Crippen molar-refractivity contribution in [2.24, 2.45) is 0 Å². The quantitative estimate of drug-likeness (QED) is 0.461. The van der Waals surface area contributed by atoms with Gasteiger partial charge < -0.3 is 16.2 Å². The molecule has 0 saturated carbocycles. The largest absolute Gasteiger partial charge is 0.506 e. The minimum atomic E-state index is -0.297. The molecular weight excluding hydrogens is 276 g/mol. The van der Waals surface area contributed by atoms with Crippen molar-refractivity contribution in [2.45, 2.75) is 0 Å². The van der Waals surface area contributed by atoms with Crippen molar-refractivity contribution in [1.82, 2.24) is 0 Å². The van der Waals surface area contributed by atoms with Gasteiger partial charge in [-0.1, -0.05) is 23.7 Å². The van der Waals surface area contributed by atoms with Crippen LogP contribution in [0.1, 0.15) is 5.56 Å². The number of rotatable bonds is 3. The summed E-state index contributed by atoms with van der Waals surface area (Å²) in [4.78, 5) is 11.7. The van der Waals surface area contributed by atoms with Crippen LogP contribution in [0.4, 0.5) is 11.4 Å². The van der Waals surface area contributed by atoms with Gasteiger partial charge in [-0.05, 0) is 42.0 Å². The topological polar surface area (TPSA) is 75.4 Å². The molecule has 2 aromatic rings. The molecule has 0 aliphatic heterocycles. The maximum absolute atomic E-state index is 11.7. The Kier molecular flexibility index (Phi) is 4.27. The first-order chi connectivity index (χ1) is 9.54. The molecule has 0 saturated heterocycles. The number of amides is 1. The molecule has 4 N–H and O–H groups in total. The predicted molar refractivity (Wildman–Crippen MR) is 81.6 cm³/mol. The van der Waals surface area contributed by atoms with Crippen LogP contribution in [0.2, 0.25) is 5.02 Å². The molecule has 5 heteroatoms. The highest BCUT2D eigenvalue weighted by Gasteiger charge is 2.02. The Morgan fingerprint density at radius 3 is 2.75 bits per heavy atom. The number of carbonyl (C=O) groups is 1. The minimum Gasteiger partial charge on any atom is -0.506 e. The molecule has 0 atom stereocenters. The second-order valence-electron chi connectivity index (χ2n) is 4.16. The highest BCUT2D eigenvalue weighted by molar-refractivity contribution is 6.32. The van der Waals surface area contributed by atoms with E-state index in [1.165, 1.54) is 18.2 Å². The van der Waals surface area contributed by atoms with E-state index in [0.717, 1.165) is 5.56 Å². The third kappa shape index (κ3) is 3.76. The van der Waals surface area contributed by atoms with E-state index in [1.54, 1.807) is 24.3 Å². The summed E-state index contributed by atoms with van der Waals surface area (Å²) in [6, 6.07) is 11.7. The molecule has 0 unspecified atom stereocenters. The van der Waals surface area contributed by atoms with E-state index in [9.17, 15) is 9.90 Å². The van der Waals surface area contributed by atoms with E-state index in [2.05, 4.69) is 5.32 Å².